The number of hydrogen-bond donors (Lipinski definition) is 2. The molecule has 0 aliphatic carbocycles. The molecule has 9 heavy (non-hydrogen) atoms. The van der Waals surface area contributed by atoms with Crippen molar-refractivity contribution in [2.75, 3.05) is 13.6 Å². The Hall–Kier alpha value is -0.410. The van der Waals surface area contributed by atoms with Gasteiger partial charge >= 0.3 is 0 Å². The van der Waals surface area contributed by atoms with Gasteiger partial charge < -0.3 is 11.1 Å². The minimum Gasteiger partial charge on any atom is -0.330 e. The van der Waals surface area contributed by atoms with Gasteiger partial charge in [0, 0.05) is 6.42 Å². The summed E-state index contributed by atoms with van der Waals surface area (Å²) in [4.78, 5) is 10.8. The molecule has 0 saturated heterocycles. The van der Waals surface area contributed by atoms with Gasteiger partial charge in [-0.25, -0.2) is 0 Å². The zero-order valence-corrected chi connectivity index (χ0v) is 5.98. The second kappa shape index (κ2) is 4.47. The van der Waals surface area contributed by atoms with E-state index in [4.69, 9.17) is 5.73 Å². The van der Waals surface area contributed by atoms with E-state index in [0.29, 0.717) is 13.0 Å². The number of likely N-dealkylation sites (N-methyl/N-ethyl adjacent to an activating group) is 1. The van der Waals surface area contributed by atoms with E-state index in [9.17, 15) is 4.79 Å². The van der Waals surface area contributed by atoms with E-state index >= 15 is 0 Å². The van der Waals surface area contributed by atoms with E-state index < -0.39 is 0 Å². The molecule has 0 unspecified atom stereocenters. The summed E-state index contributed by atoms with van der Waals surface area (Å²) in [5.41, 5.74) is 5.17. The highest BCUT2D eigenvalue weighted by Crippen LogP contribution is 1.86. The van der Waals surface area contributed by atoms with Crippen molar-refractivity contribution in [3.63, 3.8) is 0 Å². The highest BCUT2D eigenvalue weighted by Gasteiger charge is 2.07. The first-order valence-corrected chi connectivity index (χ1v) is 3.12. The van der Waals surface area contributed by atoms with E-state index in [-0.39, 0.29) is 11.8 Å². The van der Waals surface area contributed by atoms with Gasteiger partial charge in [-0.3, -0.25) is 4.79 Å². The van der Waals surface area contributed by atoms with Crippen molar-refractivity contribution in [1.29, 1.82) is 0 Å². The van der Waals surface area contributed by atoms with Crippen LogP contribution in [0.1, 0.15) is 13.3 Å². The van der Waals surface area contributed by atoms with Crippen LogP contribution < -0.4 is 11.1 Å². The summed E-state index contributed by atoms with van der Waals surface area (Å²) in [6.45, 7) is 2.28. The molecule has 54 valence electrons. The molecule has 3 N–H and O–H groups in total. The van der Waals surface area contributed by atoms with E-state index in [1.807, 2.05) is 6.92 Å². The van der Waals surface area contributed by atoms with Crippen molar-refractivity contribution in [2.45, 2.75) is 19.4 Å². The lowest BCUT2D eigenvalue weighted by atomic mass is 10.1. The molecule has 0 rings (SSSR count). The fourth-order valence-corrected chi connectivity index (χ4v) is 0.520. The molecule has 0 aromatic rings. The highest BCUT2D eigenvalue weighted by molar-refractivity contribution is 5.83. The van der Waals surface area contributed by atoms with Gasteiger partial charge in [0.05, 0.1) is 6.04 Å². The smallest absolute Gasteiger partial charge is 0.150 e. The molecular formula is C6H14N2O. The molecule has 0 spiro atoms. The molecule has 3 heteroatoms. The number of Topliss-reactive ketones (excluding diaryl/α,β-unsaturated/α-hetero) is 1. The summed E-state index contributed by atoms with van der Waals surface area (Å²) in [5.74, 6) is 0.181. The van der Waals surface area contributed by atoms with Crippen molar-refractivity contribution < 1.29 is 4.79 Å². The van der Waals surface area contributed by atoms with Gasteiger partial charge in [-0.05, 0) is 20.5 Å². The summed E-state index contributed by atoms with van der Waals surface area (Å²) < 4.78 is 0. The number of carbonyl (C=O) groups excluding carboxylic acids is 1. The Kier molecular flexibility index (Phi) is 4.26. The lowest BCUT2D eigenvalue weighted by Crippen LogP contribution is -2.31. The average Bonchev–Trinajstić information content (AvgIpc) is 1.87. The standard InChI is InChI=1S/C6H14N2O/c1-5(8-2)6(9)3-4-7/h5,8H,3-4,7H2,1-2H3/t5-/m0/s1. The third-order valence-electron chi connectivity index (χ3n) is 1.31. The van der Waals surface area contributed by atoms with Crippen LogP contribution in [0.4, 0.5) is 0 Å². The Bertz CT molecular complexity index is 93.1. The third kappa shape index (κ3) is 3.21. The zero-order valence-electron chi connectivity index (χ0n) is 5.98. The molecule has 0 saturated carbocycles. The number of carbonyl (C=O) groups is 1. The van der Waals surface area contributed by atoms with Gasteiger partial charge in [0.25, 0.3) is 0 Å². The Morgan fingerprint density at radius 3 is 2.67 bits per heavy atom. The predicted octanol–water partition coefficient (Wildman–Crippen LogP) is -0.488. The Balaban J connectivity index is 3.46. The van der Waals surface area contributed by atoms with E-state index in [1.165, 1.54) is 0 Å². The first-order valence-electron chi connectivity index (χ1n) is 3.12. The fraction of sp³-hybridized carbons (Fsp3) is 0.833. The van der Waals surface area contributed by atoms with Crippen molar-refractivity contribution in [3.8, 4) is 0 Å². The maximum absolute atomic E-state index is 10.8. The van der Waals surface area contributed by atoms with Crippen LogP contribution in [-0.4, -0.2) is 25.4 Å². The zero-order chi connectivity index (χ0) is 7.28. The Morgan fingerprint density at radius 2 is 2.33 bits per heavy atom. The first kappa shape index (κ1) is 8.59. The third-order valence-corrected chi connectivity index (χ3v) is 1.31. The van der Waals surface area contributed by atoms with Crippen LogP contribution in [0.25, 0.3) is 0 Å². The molecule has 0 heterocycles. The molecule has 0 aromatic carbocycles. The molecule has 0 aromatic heterocycles. The molecule has 3 nitrogen and oxygen atoms in total. The van der Waals surface area contributed by atoms with E-state index in [0.717, 1.165) is 0 Å². The number of rotatable bonds is 4. The van der Waals surface area contributed by atoms with Crippen LogP contribution in [-0.2, 0) is 4.79 Å². The summed E-state index contributed by atoms with van der Waals surface area (Å²) in [5, 5.41) is 2.84. The van der Waals surface area contributed by atoms with Gasteiger partial charge in [-0.15, -0.1) is 0 Å². The van der Waals surface area contributed by atoms with Crippen molar-refractivity contribution >= 4 is 5.78 Å². The van der Waals surface area contributed by atoms with Crippen LogP contribution in [0, 0.1) is 0 Å². The maximum Gasteiger partial charge on any atom is 0.150 e. The molecule has 1 atom stereocenters. The van der Waals surface area contributed by atoms with Gasteiger partial charge in [-0.2, -0.15) is 0 Å². The fourth-order valence-electron chi connectivity index (χ4n) is 0.520. The Labute approximate surface area is 55.6 Å². The quantitative estimate of drug-likeness (QED) is 0.540. The molecule has 0 bridgehead atoms. The van der Waals surface area contributed by atoms with Crippen LogP contribution in [0.3, 0.4) is 0 Å². The highest BCUT2D eigenvalue weighted by atomic mass is 16.1. The van der Waals surface area contributed by atoms with Crippen LogP contribution in [0.2, 0.25) is 0 Å². The summed E-state index contributed by atoms with van der Waals surface area (Å²) >= 11 is 0. The number of hydrogen-bond acceptors (Lipinski definition) is 3. The minimum absolute atomic E-state index is 0.0476. The second-order valence-corrected chi connectivity index (χ2v) is 2.02. The topological polar surface area (TPSA) is 55.1 Å². The molecular weight excluding hydrogens is 116 g/mol. The number of ketones is 1. The number of nitrogens with two attached hydrogens (primary N) is 1. The lowest BCUT2D eigenvalue weighted by Gasteiger charge is -2.06. The van der Waals surface area contributed by atoms with E-state index in [1.54, 1.807) is 7.05 Å². The van der Waals surface area contributed by atoms with Gasteiger partial charge in [0.15, 0.2) is 5.78 Å². The van der Waals surface area contributed by atoms with Gasteiger partial charge in [-0.1, -0.05) is 0 Å². The molecule has 0 amide bonds. The molecule has 0 radical (unpaired) electrons. The lowest BCUT2D eigenvalue weighted by molar-refractivity contribution is -0.120. The summed E-state index contributed by atoms with van der Waals surface area (Å²) in [7, 11) is 1.76. The van der Waals surface area contributed by atoms with Crippen molar-refractivity contribution in [3.05, 3.63) is 0 Å². The predicted molar refractivity (Wildman–Crippen MR) is 37.2 cm³/mol. The maximum atomic E-state index is 10.8. The molecule has 0 fully saturated rings. The normalized spacial score (nSPS) is 13.2. The van der Waals surface area contributed by atoms with Gasteiger partial charge in [0.1, 0.15) is 0 Å². The van der Waals surface area contributed by atoms with Gasteiger partial charge in [0.2, 0.25) is 0 Å². The van der Waals surface area contributed by atoms with Crippen LogP contribution in [0.15, 0.2) is 0 Å². The molecule has 0 aliphatic heterocycles. The van der Waals surface area contributed by atoms with Crippen LogP contribution >= 0.6 is 0 Å². The van der Waals surface area contributed by atoms with Crippen molar-refractivity contribution in [1.82, 2.24) is 5.32 Å². The average molecular weight is 130 g/mol. The van der Waals surface area contributed by atoms with Crippen LogP contribution in [0.5, 0.6) is 0 Å². The SMILES string of the molecule is CN[C@@H](C)C(=O)CCN. The van der Waals surface area contributed by atoms with Crippen molar-refractivity contribution in [2.24, 2.45) is 5.73 Å². The first-order chi connectivity index (χ1) is 4.22. The van der Waals surface area contributed by atoms with E-state index in [2.05, 4.69) is 5.32 Å². The Morgan fingerprint density at radius 1 is 1.78 bits per heavy atom. The second-order valence-electron chi connectivity index (χ2n) is 2.02. The molecule has 0 aliphatic rings. The number of nitrogens with one attached hydrogen (secondary N) is 1. The largest absolute Gasteiger partial charge is 0.330 e. The monoisotopic (exact) mass is 130 g/mol. The minimum atomic E-state index is -0.0476. The summed E-state index contributed by atoms with van der Waals surface area (Å²) in [6, 6.07) is -0.0476. The summed E-state index contributed by atoms with van der Waals surface area (Å²) in [6.07, 6.45) is 0.474.